The summed E-state index contributed by atoms with van der Waals surface area (Å²) in [4.78, 5) is 23.1. The molecule has 2 aromatic rings. The standard InChI is InChI=1S/C19H22N2O3/c1-3-17(14-6-4-13(2)5-7-14)21-18(22)12-24-16-10-8-15(9-11-16)19(20)23/h4-11,17H,3,12H2,1-2H3,(H2,20,23)(H,21,22)/t17-/m0/s1. The van der Waals surface area contributed by atoms with Crippen LogP contribution in [-0.4, -0.2) is 18.4 Å². The van der Waals surface area contributed by atoms with Crippen LogP contribution in [0.4, 0.5) is 0 Å². The van der Waals surface area contributed by atoms with Gasteiger partial charge in [0, 0.05) is 5.56 Å². The van der Waals surface area contributed by atoms with Gasteiger partial charge in [0.2, 0.25) is 5.91 Å². The minimum atomic E-state index is -0.497. The molecule has 5 heteroatoms. The minimum absolute atomic E-state index is 0.0427. The third kappa shape index (κ3) is 4.84. The number of rotatable bonds is 7. The van der Waals surface area contributed by atoms with Crippen molar-refractivity contribution in [2.24, 2.45) is 5.73 Å². The quantitative estimate of drug-likeness (QED) is 0.821. The van der Waals surface area contributed by atoms with E-state index in [-0.39, 0.29) is 18.6 Å². The zero-order valence-electron chi connectivity index (χ0n) is 13.9. The second-order valence-electron chi connectivity index (χ2n) is 5.62. The molecule has 24 heavy (non-hydrogen) atoms. The lowest BCUT2D eigenvalue weighted by molar-refractivity contribution is -0.123. The molecule has 3 N–H and O–H groups in total. The fourth-order valence-electron chi connectivity index (χ4n) is 2.32. The number of amides is 2. The van der Waals surface area contributed by atoms with E-state index in [0.29, 0.717) is 11.3 Å². The van der Waals surface area contributed by atoms with E-state index in [2.05, 4.69) is 5.32 Å². The molecule has 0 aliphatic carbocycles. The molecule has 0 fully saturated rings. The van der Waals surface area contributed by atoms with Gasteiger partial charge >= 0.3 is 0 Å². The SMILES string of the molecule is CC[C@H](NC(=O)COc1ccc(C(N)=O)cc1)c1ccc(C)cc1. The van der Waals surface area contributed by atoms with Crippen LogP contribution in [0.25, 0.3) is 0 Å². The lowest BCUT2D eigenvalue weighted by Crippen LogP contribution is -2.32. The highest BCUT2D eigenvalue weighted by molar-refractivity contribution is 5.92. The van der Waals surface area contributed by atoms with Gasteiger partial charge in [-0.15, -0.1) is 0 Å². The molecule has 2 aromatic carbocycles. The summed E-state index contributed by atoms with van der Waals surface area (Å²) in [5.74, 6) is -0.178. The van der Waals surface area contributed by atoms with E-state index in [1.807, 2.05) is 38.1 Å². The Balaban J connectivity index is 1.89. The zero-order valence-corrected chi connectivity index (χ0v) is 13.9. The summed E-state index contributed by atoms with van der Waals surface area (Å²) in [5, 5.41) is 2.96. The lowest BCUT2D eigenvalue weighted by atomic mass is 10.0. The number of aryl methyl sites for hydroxylation is 1. The average Bonchev–Trinajstić information content (AvgIpc) is 2.59. The maximum Gasteiger partial charge on any atom is 0.258 e. The van der Waals surface area contributed by atoms with Crippen molar-refractivity contribution in [2.75, 3.05) is 6.61 Å². The van der Waals surface area contributed by atoms with Crippen LogP contribution in [0.5, 0.6) is 5.75 Å². The molecule has 126 valence electrons. The fourth-order valence-corrected chi connectivity index (χ4v) is 2.32. The lowest BCUT2D eigenvalue weighted by Gasteiger charge is -2.18. The molecule has 0 spiro atoms. The minimum Gasteiger partial charge on any atom is -0.484 e. The van der Waals surface area contributed by atoms with E-state index in [0.717, 1.165) is 12.0 Å². The Labute approximate surface area is 141 Å². The largest absolute Gasteiger partial charge is 0.484 e. The number of hydrogen-bond acceptors (Lipinski definition) is 3. The highest BCUT2D eigenvalue weighted by atomic mass is 16.5. The Kier molecular flexibility index (Phi) is 5.95. The molecule has 0 radical (unpaired) electrons. The van der Waals surface area contributed by atoms with Crippen molar-refractivity contribution >= 4 is 11.8 Å². The maximum absolute atomic E-state index is 12.1. The van der Waals surface area contributed by atoms with Crippen molar-refractivity contribution in [3.05, 3.63) is 65.2 Å². The van der Waals surface area contributed by atoms with Gasteiger partial charge < -0.3 is 15.8 Å². The van der Waals surface area contributed by atoms with Crippen LogP contribution in [0.3, 0.4) is 0 Å². The van der Waals surface area contributed by atoms with E-state index in [1.54, 1.807) is 24.3 Å². The number of carbonyl (C=O) groups excluding carboxylic acids is 2. The van der Waals surface area contributed by atoms with Crippen LogP contribution in [-0.2, 0) is 4.79 Å². The van der Waals surface area contributed by atoms with E-state index in [9.17, 15) is 9.59 Å². The van der Waals surface area contributed by atoms with Gasteiger partial charge in [-0.3, -0.25) is 9.59 Å². The Morgan fingerprint density at radius 1 is 1.08 bits per heavy atom. The predicted molar refractivity (Wildman–Crippen MR) is 92.8 cm³/mol. The molecule has 0 aromatic heterocycles. The van der Waals surface area contributed by atoms with E-state index in [1.165, 1.54) is 5.56 Å². The Morgan fingerprint density at radius 3 is 2.25 bits per heavy atom. The van der Waals surface area contributed by atoms with Gasteiger partial charge in [0.15, 0.2) is 6.61 Å². The second kappa shape index (κ2) is 8.15. The summed E-state index contributed by atoms with van der Waals surface area (Å²) >= 11 is 0. The highest BCUT2D eigenvalue weighted by Crippen LogP contribution is 2.17. The van der Waals surface area contributed by atoms with Gasteiger partial charge in [0.1, 0.15) is 5.75 Å². The van der Waals surface area contributed by atoms with Crippen molar-refractivity contribution in [1.82, 2.24) is 5.32 Å². The van der Waals surface area contributed by atoms with E-state index < -0.39 is 5.91 Å². The normalized spacial score (nSPS) is 11.6. The summed E-state index contributed by atoms with van der Waals surface area (Å²) < 4.78 is 5.44. The van der Waals surface area contributed by atoms with Crippen LogP contribution in [0, 0.1) is 6.92 Å². The third-order valence-corrected chi connectivity index (χ3v) is 3.73. The molecular weight excluding hydrogens is 304 g/mol. The Bertz CT molecular complexity index is 694. The maximum atomic E-state index is 12.1. The van der Waals surface area contributed by atoms with Crippen molar-refractivity contribution in [2.45, 2.75) is 26.3 Å². The van der Waals surface area contributed by atoms with Gasteiger partial charge in [-0.1, -0.05) is 36.8 Å². The second-order valence-corrected chi connectivity index (χ2v) is 5.62. The molecule has 0 saturated carbocycles. The van der Waals surface area contributed by atoms with Gasteiger partial charge in [-0.25, -0.2) is 0 Å². The van der Waals surface area contributed by atoms with Crippen LogP contribution in [0.15, 0.2) is 48.5 Å². The van der Waals surface area contributed by atoms with Crippen LogP contribution >= 0.6 is 0 Å². The first-order valence-corrected chi connectivity index (χ1v) is 7.88. The summed E-state index contributed by atoms with van der Waals surface area (Å²) in [7, 11) is 0. The van der Waals surface area contributed by atoms with Crippen molar-refractivity contribution in [1.29, 1.82) is 0 Å². The molecule has 1 atom stereocenters. The molecule has 0 unspecified atom stereocenters. The Hall–Kier alpha value is -2.82. The molecule has 0 aliphatic heterocycles. The van der Waals surface area contributed by atoms with Gasteiger partial charge in [-0.05, 0) is 43.2 Å². The molecule has 2 rings (SSSR count). The van der Waals surface area contributed by atoms with Crippen molar-refractivity contribution < 1.29 is 14.3 Å². The van der Waals surface area contributed by atoms with E-state index >= 15 is 0 Å². The number of hydrogen-bond donors (Lipinski definition) is 2. The predicted octanol–water partition coefficient (Wildman–Crippen LogP) is 2.74. The first-order valence-electron chi connectivity index (χ1n) is 7.88. The van der Waals surface area contributed by atoms with Gasteiger partial charge in [-0.2, -0.15) is 0 Å². The fraction of sp³-hybridized carbons (Fsp3) is 0.263. The number of benzene rings is 2. The molecule has 5 nitrogen and oxygen atoms in total. The topological polar surface area (TPSA) is 81.4 Å². The zero-order chi connectivity index (χ0) is 17.5. The first-order chi connectivity index (χ1) is 11.5. The molecule has 0 saturated heterocycles. The first kappa shape index (κ1) is 17.5. The van der Waals surface area contributed by atoms with Crippen molar-refractivity contribution in [3.8, 4) is 5.75 Å². The summed E-state index contributed by atoms with van der Waals surface area (Å²) in [6.45, 7) is 3.97. The number of ether oxygens (including phenoxy) is 1. The smallest absolute Gasteiger partial charge is 0.258 e. The number of nitrogens with one attached hydrogen (secondary N) is 1. The third-order valence-electron chi connectivity index (χ3n) is 3.73. The highest BCUT2D eigenvalue weighted by Gasteiger charge is 2.13. The average molecular weight is 326 g/mol. The van der Waals surface area contributed by atoms with Gasteiger partial charge in [0.05, 0.1) is 6.04 Å². The molecule has 2 amide bonds. The van der Waals surface area contributed by atoms with Crippen LogP contribution in [0.2, 0.25) is 0 Å². The molecule has 0 bridgehead atoms. The molecular formula is C19H22N2O3. The summed E-state index contributed by atoms with van der Waals surface area (Å²) in [6, 6.07) is 14.4. The number of primary amides is 1. The van der Waals surface area contributed by atoms with Crippen LogP contribution < -0.4 is 15.8 Å². The molecule has 0 heterocycles. The monoisotopic (exact) mass is 326 g/mol. The van der Waals surface area contributed by atoms with Crippen LogP contribution in [0.1, 0.15) is 40.9 Å². The van der Waals surface area contributed by atoms with Crippen molar-refractivity contribution in [3.63, 3.8) is 0 Å². The summed E-state index contributed by atoms with van der Waals surface area (Å²) in [6.07, 6.45) is 0.794. The van der Waals surface area contributed by atoms with Gasteiger partial charge in [0.25, 0.3) is 5.91 Å². The summed E-state index contributed by atoms with van der Waals surface area (Å²) in [5.41, 5.74) is 7.83. The van der Waals surface area contributed by atoms with E-state index in [4.69, 9.17) is 10.5 Å². The molecule has 0 aliphatic rings. The Morgan fingerprint density at radius 2 is 1.71 bits per heavy atom. The number of carbonyl (C=O) groups is 2. The number of nitrogens with two attached hydrogens (primary N) is 1.